The number of para-hydroxylation sites is 1. The number of azo groups is 1. The summed E-state index contributed by atoms with van der Waals surface area (Å²) in [4.78, 5) is 15.9. The van der Waals surface area contributed by atoms with E-state index in [0.717, 1.165) is 11.2 Å². The van der Waals surface area contributed by atoms with E-state index < -0.39 is 0 Å². The Labute approximate surface area is 154 Å². The third-order valence-electron chi connectivity index (χ3n) is 3.95. The standard InChI is InChI=1S/C20H14N4OS/c25-19-17-8-4-5-9-18(17)21-20(26)24(19)16-12-10-15(11-13-16)23-22-14-6-2-1-3-7-14/h1-13H,(H,21,26). The monoisotopic (exact) mass is 358 g/mol. The molecule has 1 heterocycles. The first-order valence-corrected chi connectivity index (χ1v) is 8.44. The predicted molar refractivity (Wildman–Crippen MR) is 105 cm³/mol. The highest BCUT2D eigenvalue weighted by Crippen LogP contribution is 2.19. The van der Waals surface area contributed by atoms with Gasteiger partial charge in [0.05, 0.1) is 28.0 Å². The van der Waals surface area contributed by atoms with Gasteiger partial charge in [-0.05, 0) is 60.7 Å². The highest BCUT2D eigenvalue weighted by molar-refractivity contribution is 7.71. The molecule has 0 fully saturated rings. The fourth-order valence-electron chi connectivity index (χ4n) is 2.68. The van der Waals surface area contributed by atoms with Crippen LogP contribution in [0.3, 0.4) is 0 Å². The first-order chi connectivity index (χ1) is 12.7. The summed E-state index contributed by atoms with van der Waals surface area (Å²) in [6.07, 6.45) is 0. The minimum Gasteiger partial charge on any atom is -0.331 e. The van der Waals surface area contributed by atoms with Crippen molar-refractivity contribution in [1.82, 2.24) is 9.55 Å². The maximum atomic E-state index is 12.8. The van der Waals surface area contributed by atoms with Gasteiger partial charge in [0, 0.05) is 0 Å². The Morgan fingerprint density at radius 1 is 0.769 bits per heavy atom. The summed E-state index contributed by atoms with van der Waals surface area (Å²) < 4.78 is 1.84. The molecule has 0 aliphatic carbocycles. The summed E-state index contributed by atoms with van der Waals surface area (Å²) in [6, 6.07) is 24.0. The molecule has 0 aliphatic rings. The smallest absolute Gasteiger partial charge is 0.266 e. The van der Waals surface area contributed by atoms with Crippen molar-refractivity contribution in [1.29, 1.82) is 0 Å². The average molecular weight is 358 g/mol. The minimum absolute atomic E-state index is 0.150. The van der Waals surface area contributed by atoms with Crippen molar-refractivity contribution in [3.63, 3.8) is 0 Å². The lowest BCUT2D eigenvalue weighted by atomic mass is 10.2. The summed E-state index contributed by atoms with van der Waals surface area (Å²) in [5.74, 6) is 0. The van der Waals surface area contributed by atoms with Crippen LogP contribution in [0.25, 0.3) is 16.6 Å². The lowest BCUT2D eigenvalue weighted by molar-refractivity contribution is 0.940. The molecule has 0 radical (unpaired) electrons. The normalized spacial score (nSPS) is 11.2. The molecule has 0 saturated heterocycles. The molecule has 6 heteroatoms. The second-order valence-electron chi connectivity index (χ2n) is 5.67. The van der Waals surface area contributed by atoms with Gasteiger partial charge in [-0.3, -0.25) is 9.36 Å². The van der Waals surface area contributed by atoms with E-state index in [1.54, 1.807) is 30.3 Å². The molecule has 0 spiro atoms. The lowest BCUT2D eigenvalue weighted by Gasteiger charge is -2.08. The van der Waals surface area contributed by atoms with Crippen LogP contribution in [0.1, 0.15) is 0 Å². The van der Waals surface area contributed by atoms with E-state index in [1.165, 1.54) is 4.57 Å². The molecular formula is C20H14N4OS. The molecule has 26 heavy (non-hydrogen) atoms. The van der Waals surface area contributed by atoms with Crippen LogP contribution in [0.2, 0.25) is 0 Å². The number of fused-ring (bicyclic) bond motifs is 1. The summed E-state index contributed by atoms with van der Waals surface area (Å²) in [5.41, 5.74) is 2.74. The summed E-state index contributed by atoms with van der Waals surface area (Å²) >= 11 is 5.36. The van der Waals surface area contributed by atoms with Crippen LogP contribution in [0.5, 0.6) is 0 Å². The third-order valence-corrected chi connectivity index (χ3v) is 4.23. The summed E-state index contributed by atoms with van der Waals surface area (Å²) in [7, 11) is 0. The van der Waals surface area contributed by atoms with Gasteiger partial charge < -0.3 is 4.98 Å². The van der Waals surface area contributed by atoms with Gasteiger partial charge in [-0.15, -0.1) is 0 Å². The van der Waals surface area contributed by atoms with Crippen LogP contribution in [0.15, 0.2) is 93.9 Å². The second kappa shape index (κ2) is 6.85. The van der Waals surface area contributed by atoms with Crippen LogP contribution < -0.4 is 5.56 Å². The van der Waals surface area contributed by atoms with Crippen molar-refractivity contribution in [2.75, 3.05) is 0 Å². The molecule has 0 amide bonds. The van der Waals surface area contributed by atoms with Crippen molar-refractivity contribution in [2.45, 2.75) is 0 Å². The van der Waals surface area contributed by atoms with E-state index in [9.17, 15) is 4.79 Å². The van der Waals surface area contributed by atoms with E-state index in [2.05, 4.69) is 15.2 Å². The third kappa shape index (κ3) is 3.10. The van der Waals surface area contributed by atoms with Crippen molar-refractivity contribution in [3.05, 3.63) is 94.0 Å². The maximum Gasteiger partial charge on any atom is 0.266 e. The fourth-order valence-corrected chi connectivity index (χ4v) is 2.97. The summed E-state index contributed by atoms with van der Waals surface area (Å²) in [5, 5.41) is 8.99. The van der Waals surface area contributed by atoms with Gasteiger partial charge in [0.1, 0.15) is 0 Å². The van der Waals surface area contributed by atoms with E-state index in [1.807, 2.05) is 48.5 Å². The molecule has 3 aromatic carbocycles. The topological polar surface area (TPSA) is 62.5 Å². The number of nitrogens with zero attached hydrogens (tertiary/aromatic N) is 3. The van der Waals surface area contributed by atoms with Gasteiger partial charge in [0.15, 0.2) is 4.77 Å². The number of hydrogen-bond donors (Lipinski definition) is 1. The molecule has 0 unspecified atom stereocenters. The molecule has 4 rings (SSSR count). The first-order valence-electron chi connectivity index (χ1n) is 8.04. The van der Waals surface area contributed by atoms with Gasteiger partial charge >= 0.3 is 0 Å². The Hall–Kier alpha value is -3.38. The number of rotatable bonds is 3. The Bertz CT molecular complexity index is 1210. The number of hydrogen-bond acceptors (Lipinski definition) is 4. The molecule has 0 bridgehead atoms. The molecule has 1 N–H and O–H groups in total. The summed E-state index contributed by atoms with van der Waals surface area (Å²) in [6.45, 7) is 0. The second-order valence-corrected chi connectivity index (χ2v) is 6.05. The average Bonchev–Trinajstić information content (AvgIpc) is 2.68. The molecule has 1 aromatic heterocycles. The molecule has 4 aromatic rings. The Balaban J connectivity index is 1.72. The Kier molecular flexibility index (Phi) is 4.25. The van der Waals surface area contributed by atoms with Gasteiger partial charge in [-0.25, -0.2) is 0 Å². The molecular weight excluding hydrogens is 344 g/mol. The van der Waals surface area contributed by atoms with Crippen molar-refractivity contribution in [3.8, 4) is 5.69 Å². The van der Waals surface area contributed by atoms with E-state index in [4.69, 9.17) is 12.2 Å². The highest BCUT2D eigenvalue weighted by Gasteiger charge is 2.07. The van der Waals surface area contributed by atoms with Gasteiger partial charge in [-0.2, -0.15) is 10.2 Å². The first kappa shape index (κ1) is 16.1. The number of H-pyrrole nitrogens is 1. The highest BCUT2D eigenvalue weighted by atomic mass is 32.1. The minimum atomic E-state index is -0.150. The fraction of sp³-hybridized carbons (Fsp3) is 0. The van der Waals surface area contributed by atoms with Crippen LogP contribution in [0, 0.1) is 4.77 Å². The molecule has 0 saturated carbocycles. The van der Waals surface area contributed by atoms with E-state index in [-0.39, 0.29) is 5.56 Å². The zero-order valence-electron chi connectivity index (χ0n) is 13.7. The van der Waals surface area contributed by atoms with Crippen molar-refractivity contribution < 1.29 is 0 Å². The van der Waals surface area contributed by atoms with Gasteiger partial charge in [0.25, 0.3) is 5.56 Å². The van der Waals surface area contributed by atoms with Gasteiger partial charge in [0.2, 0.25) is 0 Å². The lowest BCUT2D eigenvalue weighted by Crippen LogP contribution is -2.20. The molecule has 5 nitrogen and oxygen atoms in total. The van der Waals surface area contributed by atoms with Crippen LogP contribution in [-0.4, -0.2) is 9.55 Å². The number of nitrogens with one attached hydrogen (secondary N) is 1. The number of aromatic nitrogens is 2. The van der Waals surface area contributed by atoms with Crippen LogP contribution >= 0.6 is 12.2 Å². The predicted octanol–water partition coefficient (Wildman–Crippen LogP) is 5.46. The number of benzene rings is 3. The molecule has 126 valence electrons. The number of aromatic amines is 1. The van der Waals surface area contributed by atoms with Crippen molar-refractivity contribution in [2.24, 2.45) is 10.2 Å². The quantitative estimate of drug-likeness (QED) is 0.390. The Morgan fingerprint density at radius 2 is 1.38 bits per heavy atom. The zero-order valence-corrected chi connectivity index (χ0v) is 14.5. The maximum absolute atomic E-state index is 12.8. The van der Waals surface area contributed by atoms with Crippen LogP contribution in [0.4, 0.5) is 11.4 Å². The largest absolute Gasteiger partial charge is 0.331 e. The zero-order chi connectivity index (χ0) is 17.9. The van der Waals surface area contributed by atoms with E-state index >= 15 is 0 Å². The van der Waals surface area contributed by atoms with E-state index in [0.29, 0.717) is 21.5 Å². The molecule has 0 atom stereocenters. The van der Waals surface area contributed by atoms with Crippen LogP contribution in [-0.2, 0) is 0 Å². The molecule has 0 aliphatic heterocycles. The van der Waals surface area contributed by atoms with Gasteiger partial charge in [-0.1, -0.05) is 30.3 Å². The Morgan fingerprint density at radius 3 is 2.12 bits per heavy atom. The SMILES string of the molecule is O=c1c2ccccc2[nH]c(=S)n1-c1ccc(N=Nc2ccccc2)cc1. The van der Waals surface area contributed by atoms with Crippen molar-refractivity contribution >= 4 is 34.5 Å².